The molecule has 1 aliphatic heterocycles. The summed E-state index contributed by atoms with van der Waals surface area (Å²) in [6, 6.07) is 0.221. The molecule has 1 amide bonds. The van der Waals surface area contributed by atoms with Crippen molar-refractivity contribution in [2.24, 2.45) is 0 Å². The number of rotatable bonds is 3. The Bertz CT molecular complexity index is 223. The van der Waals surface area contributed by atoms with E-state index >= 15 is 0 Å². The van der Waals surface area contributed by atoms with E-state index in [1.165, 1.54) is 0 Å². The van der Waals surface area contributed by atoms with Gasteiger partial charge in [-0.25, -0.2) is 4.79 Å². The summed E-state index contributed by atoms with van der Waals surface area (Å²) in [6.07, 6.45) is 1.61. The molecule has 0 aliphatic carbocycles. The van der Waals surface area contributed by atoms with Gasteiger partial charge in [0.15, 0.2) is 0 Å². The molecule has 94 valence electrons. The minimum Gasteiger partial charge on any atom is -0.447 e. The number of likely N-dealkylation sites (N-methyl/N-ethyl adjacent to an activating group) is 1. The van der Waals surface area contributed by atoms with Crippen LogP contribution in [-0.2, 0) is 4.74 Å². The van der Waals surface area contributed by atoms with Crippen molar-refractivity contribution in [1.29, 1.82) is 0 Å². The lowest BCUT2D eigenvalue weighted by molar-refractivity contribution is 0.0705. The van der Waals surface area contributed by atoms with E-state index < -0.39 is 0 Å². The Hall–Kier alpha value is -0.810. The van der Waals surface area contributed by atoms with Crippen LogP contribution in [0.5, 0.6) is 0 Å². The quantitative estimate of drug-likeness (QED) is 0.768. The number of aliphatic hydroxyl groups is 1. The van der Waals surface area contributed by atoms with Crippen molar-refractivity contribution >= 4 is 6.09 Å². The summed E-state index contributed by atoms with van der Waals surface area (Å²) in [7, 11) is 2.07. The molecule has 0 spiro atoms. The van der Waals surface area contributed by atoms with Crippen molar-refractivity contribution in [3.05, 3.63) is 0 Å². The molecule has 1 atom stereocenters. The topological polar surface area (TPSA) is 53.0 Å². The van der Waals surface area contributed by atoms with Gasteiger partial charge >= 0.3 is 6.09 Å². The number of nitrogens with zero attached hydrogens (tertiary/aromatic N) is 2. The predicted molar refractivity (Wildman–Crippen MR) is 61.3 cm³/mol. The summed E-state index contributed by atoms with van der Waals surface area (Å²) in [5.41, 5.74) is 0. The van der Waals surface area contributed by atoms with Crippen LogP contribution in [0.1, 0.15) is 19.8 Å². The van der Waals surface area contributed by atoms with Gasteiger partial charge in [0.25, 0.3) is 0 Å². The van der Waals surface area contributed by atoms with Gasteiger partial charge in [0, 0.05) is 19.1 Å². The minimum atomic E-state index is -0.295. The molecule has 1 heterocycles. The van der Waals surface area contributed by atoms with E-state index in [1.54, 1.807) is 4.90 Å². The fraction of sp³-hybridized carbons (Fsp3) is 0.909. The summed E-state index contributed by atoms with van der Waals surface area (Å²) >= 11 is 0. The largest absolute Gasteiger partial charge is 0.447 e. The average molecular weight is 230 g/mol. The normalized spacial score (nSPS) is 22.9. The van der Waals surface area contributed by atoms with Crippen LogP contribution in [0.15, 0.2) is 0 Å². The van der Waals surface area contributed by atoms with E-state index in [9.17, 15) is 4.79 Å². The lowest BCUT2D eigenvalue weighted by atomic mass is 10.2. The van der Waals surface area contributed by atoms with Crippen molar-refractivity contribution in [2.75, 3.05) is 39.9 Å². The molecular formula is C11H22N2O3. The molecule has 5 heteroatoms. The first-order valence-electron chi connectivity index (χ1n) is 5.91. The van der Waals surface area contributed by atoms with Gasteiger partial charge in [0.1, 0.15) is 6.61 Å². The molecule has 1 saturated heterocycles. The van der Waals surface area contributed by atoms with Gasteiger partial charge in [0.05, 0.1) is 6.61 Å². The lowest BCUT2D eigenvalue weighted by Gasteiger charge is -2.29. The van der Waals surface area contributed by atoms with E-state index in [2.05, 4.69) is 18.9 Å². The highest BCUT2D eigenvalue weighted by Crippen LogP contribution is 2.13. The smallest absolute Gasteiger partial charge is 0.410 e. The van der Waals surface area contributed by atoms with Gasteiger partial charge in [0.2, 0.25) is 0 Å². The summed E-state index contributed by atoms with van der Waals surface area (Å²) < 4.78 is 4.97. The number of hydrogen-bond donors (Lipinski definition) is 1. The SMILES string of the molecule is CCC1CN(C)CCCN1C(=O)OCCO. The molecule has 1 N–H and O–H groups in total. The Morgan fingerprint density at radius 3 is 2.88 bits per heavy atom. The highest BCUT2D eigenvalue weighted by atomic mass is 16.6. The van der Waals surface area contributed by atoms with Crippen molar-refractivity contribution in [1.82, 2.24) is 9.80 Å². The van der Waals surface area contributed by atoms with Crippen LogP contribution in [0.3, 0.4) is 0 Å². The number of hydrogen-bond acceptors (Lipinski definition) is 4. The number of carbonyl (C=O) groups excluding carboxylic acids is 1. The molecule has 0 aromatic heterocycles. The van der Waals surface area contributed by atoms with E-state index in [0.717, 1.165) is 32.5 Å². The number of aliphatic hydroxyl groups excluding tert-OH is 1. The summed E-state index contributed by atoms with van der Waals surface area (Å²) in [4.78, 5) is 15.8. The van der Waals surface area contributed by atoms with Gasteiger partial charge < -0.3 is 19.6 Å². The Morgan fingerprint density at radius 1 is 1.50 bits per heavy atom. The first-order chi connectivity index (χ1) is 7.69. The minimum absolute atomic E-state index is 0.0849. The number of ether oxygens (including phenoxy) is 1. The Morgan fingerprint density at radius 2 is 2.25 bits per heavy atom. The number of carbonyl (C=O) groups is 1. The first kappa shape index (κ1) is 13.3. The van der Waals surface area contributed by atoms with Gasteiger partial charge in [-0.15, -0.1) is 0 Å². The maximum absolute atomic E-state index is 11.8. The van der Waals surface area contributed by atoms with Gasteiger partial charge in [-0.05, 0) is 26.4 Å². The molecule has 0 aromatic rings. The third-order valence-corrected chi connectivity index (χ3v) is 2.92. The average Bonchev–Trinajstić information content (AvgIpc) is 2.47. The van der Waals surface area contributed by atoms with Crippen LogP contribution < -0.4 is 0 Å². The monoisotopic (exact) mass is 230 g/mol. The molecule has 1 fully saturated rings. The molecule has 0 bridgehead atoms. The van der Waals surface area contributed by atoms with Crippen molar-refractivity contribution < 1.29 is 14.6 Å². The molecule has 0 radical (unpaired) electrons. The van der Waals surface area contributed by atoms with E-state index in [0.29, 0.717) is 0 Å². The zero-order valence-electron chi connectivity index (χ0n) is 10.2. The van der Waals surface area contributed by atoms with Crippen molar-refractivity contribution in [3.63, 3.8) is 0 Å². The predicted octanol–water partition coefficient (Wildman–Crippen LogP) is 0.531. The second kappa shape index (κ2) is 6.70. The summed E-state index contributed by atoms with van der Waals surface area (Å²) in [6.45, 7) is 4.70. The van der Waals surface area contributed by atoms with Crippen LogP contribution in [-0.4, -0.2) is 66.9 Å². The van der Waals surface area contributed by atoms with Crippen LogP contribution in [0.4, 0.5) is 4.79 Å². The van der Waals surface area contributed by atoms with Crippen molar-refractivity contribution in [2.45, 2.75) is 25.8 Å². The fourth-order valence-electron chi connectivity index (χ4n) is 2.05. The Balaban J connectivity index is 2.56. The molecule has 1 unspecified atom stereocenters. The Kier molecular flexibility index (Phi) is 5.55. The molecule has 5 nitrogen and oxygen atoms in total. The van der Waals surface area contributed by atoms with Crippen molar-refractivity contribution in [3.8, 4) is 0 Å². The van der Waals surface area contributed by atoms with Crippen LogP contribution in [0.2, 0.25) is 0 Å². The van der Waals surface area contributed by atoms with Gasteiger partial charge in [-0.1, -0.05) is 6.92 Å². The standard InChI is InChI=1S/C11H22N2O3/c1-3-10-9-12(2)5-4-6-13(10)11(15)16-8-7-14/h10,14H,3-9H2,1-2H3. The maximum atomic E-state index is 11.8. The first-order valence-corrected chi connectivity index (χ1v) is 5.91. The summed E-state index contributed by atoms with van der Waals surface area (Å²) in [5.74, 6) is 0. The lowest BCUT2D eigenvalue weighted by Crippen LogP contribution is -2.44. The molecule has 0 saturated carbocycles. The van der Waals surface area contributed by atoms with Gasteiger partial charge in [-0.3, -0.25) is 0 Å². The highest BCUT2D eigenvalue weighted by Gasteiger charge is 2.26. The molecule has 0 aromatic carbocycles. The van der Waals surface area contributed by atoms with E-state index in [1.807, 2.05) is 0 Å². The molecule has 1 rings (SSSR count). The van der Waals surface area contributed by atoms with E-state index in [-0.39, 0.29) is 25.3 Å². The molecular weight excluding hydrogens is 208 g/mol. The number of amides is 1. The van der Waals surface area contributed by atoms with Crippen LogP contribution in [0, 0.1) is 0 Å². The summed E-state index contributed by atoms with van der Waals surface area (Å²) in [5, 5.41) is 8.63. The third-order valence-electron chi connectivity index (χ3n) is 2.92. The zero-order chi connectivity index (χ0) is 12.0. The third kappa shape index (κ3) is 3.64. The molecule has 16 heavy (non-hydrogen) atoms. The van der Waals surface area contributed by atoms with Crippen LogP contribution >= 0.6 is 0 Å². The molecule has 1 aliphatic rings. The van der Waals surface area contributed by atoms with E-state index in [4.69, 9.17) is 9.84 Å². The second-order valence-electron chi connectivity index (χ2n) is 4.21. The van der Waals surface area contributed by atoms with Gasteiger partial charge in [-0.2, -0.15) is 0 Å². The zero-order valence-corrected chi connectivity index (χ0v) is 10.2. The fourth-order valence-corrected chi connectivity index (χ4v) is 2.05. The highest BCUT2D eigenvalue weighted by molar-refractivity contribution is 5.68. The van der Waals surface area contributed by atoms with Crippen LogP contribution in [0.25, 0.3) is 0 Å². The Labute approximate surface area is 97.0 Å². The maximum Gasteiger partial charge on any atom is 0.410 e. The second-order valence-corrected chi connectivity index (χ2v) is 4.21.